The topological polar surface area (TPSA) is 71.9 Å². The number of pyridine rings is 1. The first-order chi connectivity index (χ1) is 17.7. The molecular formula is C32H53FN2O4. The SMILES string of the molecule is C/C(=C\c1cc(F)c(C(O)CCCC(CC(C)C)C2COC(C)(C)N2C(=O)OC(C)(C)C)nc1C)C(C)(C)C. The van der Waals surface area contributed by atoms with Crippen LogP contribution in [-0.2, 0) is 9.47 Å². The van der Waals surface area contributed by atoms with E-state index in [9.17, 15) is 9.90 Å². The molecule has 0 spiro atoms. The Kier molecular flexibility index (Phi) is 10.8. The number of aromatic nitrogens is 1. The van der Waals surface area contributed by atoms with Crippen molar-refractivity contribution in [1.82, 2.24) is 9.88 Å². The Morgan fingerprint density at radius 1 is 1.26 bits per heavy atom. The number of aliphatic hydroxyl groups is 1. The molecule has 1 amide bonds. The number of amides is 1. The highest BCUT2D eigenvalue weighted by atomic mass is 19.1. The van der Waals surface area contributed by atoms with Crippen molar-refractivity contribution < 1.29 is 23.8 Å². The normalized spacial score (nSPS) is 19.9. The second-order valence-electron chi connectivity index (χ2n) is 14.1. The summed E-state index contributed by atoms with van der Waals surface area (Å²) in [4.78, 5) is 19.4. The van der Waals surface area contributed by atoms with E-state index in [-0.39, 0.29) is 29.2 Å². The van der Waals surface area contributed by atoms with Crippen LogP contribution in [0.15, 0.2) is 11.6 Å². The lowest BCUT2D eigenvalue weighted by atomic mass is 9.85. The molecule has 3 unspecified atom stereocenters. The summed E-state index contributed by atoms with van der Waals surface area (Å²) in [5.74, 6) is 0.0868. The third-order valence-corrected chi connectivity index (χ3v) is 7.58. The van der Waals surface area contributed by atoms with Crippen LogP contribution in [-0.4, -0.2) is 45.1 Å². The van der Waals surface area contributed by atoms with Crippen LogP contribution in [0.1, 0.15) is 125 Å². The molecule has 222 valence electrons. The number of halogens is 1. The molecule has 39 heavy (non-hydrogen) atoms. The summed E-state index contributed by atoms with van der Waals surface area (Å²) in [6, 6.07) is 1.34. The first kappa shape index (κ1) is 33.2. The van der Waals surface area contributed by atoms with Crippen LogP contribution >= 0.6 is 0 Å². The van der Waals surface area contributed by atoms with Gasteiger partial charge in [0.05, 0.1) is 18.8 Å². The van der Waals surface area contributed by atoms with E-state index in [0.29, 0.717) is 31.1 Å². The lowest BCUT2D eigenvalue weighted by Crippen LogP contribution is -2.52. The molecule has 3 atom stereocenters. The largest absolute Gasteiger partial charge is 0.444 e. The molecule has 6 nitrogen and oxygen atoms in total. The van der Waals surface area contributed by atoms with E-state index in [1.807, 2.05) is 54.5 Å². The van der Waals surface area contributed by atoms with Crippen LogP contribution in [0.4, 0.5) is 9.18 Å². The molecule has 0 bridgehead atoms. The summed E-state index contributed by atoms with van der Waals surface area (Å²) in [7, 11) is 0. The lowest BCUT2D eigenvalue weighted by molar-refractivity contribution is -0.0650. The molecule has 2 heterocycles. The van der Waals surface area contributed by atoms with Gasteiger partial charge in [0.1, 0.15) is 22.8 Å². The maximum absolute atomic E-state index is 15.1. The maximum Gasteiger partial charge on any atom is 0.412 e. The summed E-state index contributed by atoms with van der Waals surface area (Å²) in [6.07, 6.45) is 3.33. The Morgan fingerprint density at radius 2 is 1.87 bits per heavy atom. The van der Waals surface area contributed by atoms with Gasteiger partial charge in [0.2, 0.25) is 0 Å². The average molecular weight is 549 g/mol. The molecule has 0 aromatic carbocycles. The number of carbonyl (C=O) groups is 1. The molecule has 1 saturated heterocycles. The molecule has 2 rings (SSSR count). The number of hydrogen-bond acceptors (Lipinski definition) is 5. The molecule has 7 heteroatoms. The summed E-state index contributed by atoms with van der Waals surface area (Å²) < 4.78 is 26.9. The van der Waals surface area contributed by atoms with Crippen molar-refractivity contribution >= 4 is 12.2 Å². The average Bonchev–Trinajstić information content (AvgIpc) is 3.08. The van der Waals surface area contributed by atoms with Gasteiger partial charge in [-0.25, -0.2) is 9.18 Å². The lowest BCUT2D eigenvalue weighted by Gasteiger charge is -2.38. The maximum atomic E-state index is 15.1. The van der Waals surface area contributed by atoms with Gasteiger partial charge in [0.25, 0.3) is 0 Å². The molecule has 1 N–H and O–H groups in total. The Morgan fingerprint density at radius 3 is 2.41 bits per heavy atom. The predicted molar refractivity (Wildman–Crippen MR) is 156 cm³/mol. The second kappa shape index (κ2) is 12.7. The van der Waals surface area contributed by atoms with Gasteiger partial charge in [0.15, 0.2) is 0 Å². The monoisotopic (exact) mass is 548 g/mol. The molecule has 1 aliphatic heterocycles. The number of carbonyl (C=O) groups excluding carboxylic acids is 1. The van der Waals surface area contributed by atoms with Gasteiger partial charge in [0, 0.05) is 5.69 Å². The molecule has 1 aromatic heterocycles. The van der Waals surface area contributed by atoms with Gasteiger partial charge >= 0.3 is 6.09 Å². The van der Waals surface area contributed by atoms with Gasteiger partial charge in [-0.1, -0.05) is 52.7 Å². The third kappa shape index (κ3) is 9.28. The number of allylic oxidation sites excluding steroid dienone is 1. The standard InChI is InChI=1S/C32H53FN2O4/c1-20(2)16-23(26-19-38-32(11,12)35(26)29(37)39-31(8,9)10)14-13-15-27(36)28-25(33)18-24(22(4)34-28)17-21(3)30(5,6)7/h17-18,20,23,26-27,36H,13-16,19H2,1-12H3/b21-17+. The number of ether oxygens (including phenoxy) is 2. The van der Waals surface area contributed by atoms with Gasteiger partial charge in [-0.05, 0) is 96.6 Å². The van der Waals surface area contributed by atoms with E-state index < -0.39 is 23.2 Å². The Bertz CT molecular complexity index is 1020. The molecule has 0 aliphatic carbocycles. The molecule has 0 radical (unpaired) electrons. The van der Waals surface area contributed by atoms with Crippen LogP contribution in [0.5, 0.6) is 0 Å². The highest BCUT2D eigenvalue weighted by Gasteiger charge is 2.48. The summed E-state index contributed by atoms with van der Waals surface area (Å²) >= 11 is 0. The zero-order valence-corrected chi connectivity index (χ0v) is 26.4. The van der Waals surface area contributed by atoms with Crippen LogP contribution in [0.2, 0.25) is 0 Å². The smallest absolute Gasteiger partial charge is 0.412 e. The zero-order valence-electron chi connectivity index (χ0n) is 26.4. The minimum absolute atomic E-state index is 0.0216. The fourth-order valence-corrected chi connectivity index (χ4v) is 5.07. The predicted octanol–water partition coefficient (Wildman–Crippen LogP) is 8.22. The zero-order chi connectivity index (χ0) is 29.9. The minimum atomic E-state index is -0.997. The van der Waals surface area contributed by atoms with E-state index in [2.05, 4.69) is 39.6 Å². The third-order valence-electron chi connectivity index (χ3n) is 7.58. The number of rotatable bonds is 9. The number of aliphatic hydroxyl groups excluding tert-OH is 1. The van der Waals surface area contributed by atoms with E-state index in [4.69, 9.17) is 9.47 Å². The molecule has 1 aromatic rings. The fourth-order valence-electron chi connectivity index (χ4n) is 5.07. The van der Waals surface area contributed by atoms with E-state index >= 15 is 4.39 Å². The van der Waals surface area contributed by atoms with Crippen molar-refractivity contribution in [3.8, 4) is 0 Å². The minimum Gasteiger partial charge on any atom is -0.444 e. The van der Waals surface area contributed by atoms with Crippen molar-refractivity contribution in [2.45, 2.75) is 132 Å². The van der Waals surface area contributed by atoms with E-state index in [1.165, 1.54) is 6.07 Å². The van der Waals surface area contributed by atoms with Gasteiger partial charge in [-0.3, -0.25) is 9.88 Å². The van der Waals surface area contributed by atoms with Crippen molar-refractivity contribution in [3.63, 3.8) is 0 Å². The Hall–Kier alpha value is -1.99. The van der Waals surface area contributed by atoms with Crippen molar-refractivity contribution in [1.29, 1.82) is 0 Å². The number of nitrogens with zero attached hydrogens (tertiary/aromatic N) is 2. The highest BCUT2D eigenvalue weighted by Crippen LogP contribution is 2.37. The number of hydrogen-bond donors (Lipinski definition) is 1. The van der Waals surface area contributed by atoms with Gasteiger partial charge in [-0.2, -0.15) is 0 Å². The van der Waals surface area contributed by atoms with Crippen molar-refractivity contribution in [2.24, 2.45) is 17.3 Å². The molecule has 1 fully saturated rings. The summed E-state index contributed by atoms with van der Waals surface area (Å²) in [5.41, 5.74) is 1.27. The van der Waals surface area contributed by atoms with Crippen LogP contribution in [0, 0.1) is 30.0 Å². The van der Waals surface area contributed by atoms with Gasteiger partial charge in [-0.15, -0.1) is 0 Å². The first-order valence-corrected chi connectivity index (χ1v) is 14.4. The van der Waals surface area contributed by atoms with E-state index in [0.717, 1.165) is 24.0 Å². The van der Waals surface area contributed by atoms with Gasteiger partial charge < -0.3 is 14.6 Å². The Balaban J connectivity index is 2.17. The van der Waals surface area contributed by atoms with Crippen LogP contribution in [0.3, 0.4) is 0 Å². The molecule has 1 aliphatic rings. The van der Waals surface area contributed by atoms with Crippen molar-refractivity contribution in [2.75, 3.05) is 6.61 Å². The van der Waals surface area contributed by atoms with E-state index in [1.54, 1.807) is 4.90 Å². The molecule has 0 saturated carbocycles. The summed E-state index contributed by atoms with van der Waals surface area (Å²) in [5, 5.41) is 10.9. The van der Waals surface area contributed by atoms with Crippen LogP contribution in [0.25, 0.3) is 6.08 Å². The summed E-state index contributed by atoms with van der Waals surface area (Å²) in [6.45, 7) is 24.4. The molecular weight excluding hydrogens is 495 g/mol. The Labute approximate surface area is 236 Å². The number of aryl methyl sites for hydroxylation is 1. The fraction of sp³-hybridized carbons (Fsp3) is 0.750. The van der Waals surface area contributed by atoms with Crippen LogP contribution < -0.4 is 0 Å². The van der Waals surface area contributed by atoms with Crippen molar-refractivity contribution in [3.05, 3.63) is 34.4 Å². The second-order valence-corrected chi connectivity index (χ2v) is 14.1. The first-order valence-electron chi connectivity index (χ1n) is 14.4. The quantitative estimate of drug-likeness (QED) is 0.337. The highest BCUT2D eigenvalue weighted by molar-refractivity contribution is 5.69.